The maximum absolute atomic E-state index is 13.1. The van der Waals surface area contributed by atoms with Crippen molar-refractivity contribution in [3.63, 3.8) is 0 Å². The molecule has 1 aromatic rings. The van der Waals surface area contributed by atoms with Crippen LogP contribution in [0.2, 0.25) is 0 Å². The van der Waals surface area contributed by atoms with Crippen molar-refractivity contribution in [2.24, 2.45) is 5.92 Å². The molecule has 0 aliphatic carbocycles. The van der Waals surface area contributed by atoms with E-state index >= 15 is 0 Å². The summed E-state index contributed by atoms with van der Waals surface area (Å²) in [7, 11) is -3.65. The summed E-state index contributed by atoms with van der Waals surface area (Å²) in [5.41, 5.74) is 0.962. The highest BCUT2D eigenvalue weighted by Crippen LogP contribution is 2.23. The van der Waals surface area contributed by atoms with Crippen LogP contribution in [-0.4, -0.2) is 84.9 Å². The number of nitrogens with zero attached hydrogens (tertiary/aromatic N) is 2. The van der Waals surface area contributed by atoms with Crippen molar-refractivity contribution in [3.8, 4) is 0 Å². The third-order valence-electron chi connectivity index (χ3n) is 5.52. The van der Waals surface area contributed by atoms with Gasteiger partial charge in [-0.25, -0.2) is 13.2 Å². The zero-order valence-corrected chi connectivity index (χ0v) is 19.2. The predicted octanol–water partition coefficient (Wildman–Crippen LogP) is 0.211. The van der Waals surface area contributed by atoms with E-state index in [1.54, 1.807) is 24.3 Å². The summed E-state index contributed by atoms with van der Waals surface area (Å²) >= 11 is 0. The van der Waals surface area contributed by atoms with Crippen LogP contribution in [0.15, 0.2) is 29.2 Å². The highest BCUT2D eigenvalue weighted by Gasteiger charge is 2.51. The molecule has 2 amide bonds. The molecule has 176 valence electrons. The van der Waals surface area contributed by atoms with Crippen molar-refractivity contribution in [3.05, 3.63) is 29.8 Å². The van der Waals surface area contributed by atoms with E-state index in [2.05, 4.69) is 5.32 Å². The number of aryl methyl sites for hydroxylation is 1. The van der Waals surface area contributed by atoms with Crippen LogP contribution >= 0.6 is 0 Å². The number of ether oxygens (including phenoxy) is 1. The fourth-order valence-corrected chi connectivity index (χ4v) is 5.10. The Labute approximate surface area is 187 Å². The van der Waals surface area contributed by atoms with Gasteiger partial charge in [0.1, 0.15) is 6.04 Å². The monoisotopic (exact) mass is 467 g/mol. The minimum Gasteiger partial charge on any atom is -0.479 e. The molecule has 32 heavy (non-hydrogen) atoms. The Morgan fingerprint density at radius 1 is 1.09 bits per heavy atom. The van der Waals surface area contributed by atoms with Gasteiger partial charge < -0.3 is 20.1 Å². The van der Waals surface area contributed by atoms with Gasteiger partial charge in [-0.15, -0.1) is 0 Å². The lowest BCUT2D eigenvalue weighted by Gasteiger charge is -2.36. The molecule has 0 aromatic heterocycles. The maximum Gasteiger partial charge on any atom is 0.336 e. The summed E-state index contributed by atoms with van der Waals surface area (Å²) in [6.07, 6.45) is -1.90. The van der Waals surface area contributed by atoms with Crippen LogP contribution in [0, 0.1) is 12.8 Å². The average molecular weight is 468 g/mol. The number of hydrogen-bond donors (Lipinski definition) is 2. The number of benzene rings is 1. The zero-order chi connectivity index (χ0) is 23.6. The molecule has 2 aliphatic rings. The topological polar surface area (TPSA) is 137 Å². The van der Waals surface area contributed by atoms with E-state index in [-0.39, 0.29) is 42.9 Å². The first-order valence-corrected chi connectivity index (χ1v) is 12.0. The molecule has 0 spiro atoms. The van der Waals surface area contributed by atoms with E-state index in [1.165, 1.54) is 9.21 Å². The van der Waals surface area contributed by atoms with E-state index in [0.717, 1.165) is 5.56 Å². The SMILES string of the molecule is Cc1ccc(S(=O)(=O)N2CCN(C(=O)C(CC(C)C)NC(=O)[C@H]3O[C@@H]3C(=O)O)CC2)cc1. The summed E-state index contributed by atoms with van der Waals surface area (Å²) in [5, 5.41) is 11.5. The number of hydrogen-bond acceptors (Lipinski definition) is 6. The number of carboxylic acids is 1. The van der Waals surface area contributed by atoms with Gasteiger partial charge in [0.15, 0.2) is 12.2 Å². The second kappa shape index (κ2) is 9.55. The summed E-state index contributed by atoms with van der Waals surface area (Å²) in [6.45, 7) is 6.40. The number of carbonyl (C=O) groups excluding carboxylic acids is 2. The van der Waals surface area contributed by atoms with Gasteiger partial charge in [0.25, 0.3) is 5.91 Å². The molecule has 3 atom stereocenters. The van der Waals surface area contributed by atoms with Crippen molar-refractivity contribution in [1.29, 1.82) is 0 Å². The van der Waals surface area contributed by atoms with Gasteiger partial charge in [0.05, 0.1) is 4.90 Å². The largest absolute Gasteiger partial charge is 0.479 e. The molecule has 11 heteroatoms. The van der Waals surface area contributed by atoms with E-state index in [0.29, 0.717) is 6.42 Å². The Morgan fingerprint density at radius 2 is 1.69 bits per heavy atom. The molecule has 2 saturated heterocycles. The summed E-state index contributed by atoms with van der Waals surface area (Å²) in [6, 6.07) is 5.79. The van der Waals surface area contributed by atoms with Crippen molar-refractivity contribution in [2.75, 3.05) is 26.2 Å². The molecule has 3 rings (SSSR count). The number of aliphatic carboxylic acids is 1. The summed E-state index contributed by atoms with van der Waals surface area (Å²) < 4.78 is 32.0. The Kier molecular flexibility index (Phi) is 7.21. The van der Waals surface area contributed by atoms with Gasteiger partial charge in [-0.2, -0.15) is 4.31 Å². The molecule has 2 fully saturated rings. The fraction of sp³-hybridized carbons (Fsp3) is 0.571. The molecule has 2 heterocycles. The van der Waals surface area contributed by atoms with Crippen LogP contribution in [0.1, 0.15) is 25.8 Å². The van der Waals surface area contributed by atoms with Crippen molar-refractivity contribution in [2.45, 2.75) is 50.3 Å². The number of nitrogens with one attached hydrogen (secondary N) is 1. The normalized spacial score (nSPS) is 22.4. The van der Waals surface area contributed by atoms with Crippen LogP contribution in [0.3, 0.4) is 0 Å². The van der Waals surface area contributed by atoms with Gasteiger partial charge in [-0.3, -0.25) is 9.59 Å². The van der Waals surface area contributed by atoms with Crippen LogP contribution in [0.5, 0.6) is 0 Å². The van der Waals surface area contributed by atoms with Gasteiger partial charge in [-0.1, -0.05) is 31.5 Å². The molecule has 10 nitrogen and oxygen atoms in total. The second-order valence-electron chi connectivity index (χ2n) is 8.55. The number of carboxylic acid groups (broad SMARTS) is 1. The van der Waals surface area contributed by atoms with E-state index in [9.17, 15) is 22.8 Å². The first-order valence-electron chi connectivity index (χ1n) is 10.5. The lowest BCUT2D eigenvalue weighted by atomic mass is 10.0. The summed E-state index contributed by atoms with van der Waals surface area (Å²) in [5.74, 6) is -2.06. The molecule has 1 aromatic carbocycles. The van der Waals surface area contributed by atoms with Gasteiger partial charge >= 0.3 is 5.97 Å². The third-order valence-corrected chi connectivity index (χ3v) is 7.44. The van der Waals surface area contributed by atoms with Crippen LogP contribution < -0.4 is 5.32 Å². The number of rotatable bonds is 8. The van der Waals surface area contributed by atoms with Crippen LogP contribution in [0.25, 0.3) is 0 Å². The fourth-order valence-electron chi connectivity index (χ4n) is 3.67. The van der Waals surface area contributed by atoms with Gasteiger partial charge in [-0.05, 0) is 31.4 Å². The first kappa shape index (κ1) is 24.1. The maximum atomic E-state index is 13.1. The van der Waals surface area contributed by atoms with Crippen molar-refractivity contribution >= 4 is 27.8 Å². The number of sulfonamides is 1. The molecule has 1 unspecified atom stereocenters. The first-order chi connectivity index (χ1) is 15.0. The van der Waals surface area contributed by atoms with E-state index in [4.69, 9.17) is 9.84 Å². The molecule has 2 N–H and O–H groups in total. The highest BCUT2D eigenvalue weighted by molar-refractivity contribution is 7.89. The molecule has 2 aliphatic heterocycles. The van der Waals surface area contributed by atoms with Crippen LogP contribution in [-0.2, 0) is 29.1 Å². The predicted molar refractivity (Wildman–Crippen MR) is 114 cm³/mol. The molecular formula is C21H29N3O7S. The van der Waals surface area contributed by atoms with E-state index < -0.39 is 40.1 Å². The number of carbonyl (C=O) groups is 3. The number of amides is 2. The Balaban J connectivity index is 1.62. The van der Waals surface area contributed by atoms with E-state index in [1.807, 2.05) is 20.8 Å². The average Bonchev–Trinajstić information content (AvgIpc) is 3.54. The minimum atomic E-state index is -3.65. The molecular weight excluding hydrogens is 438 g/mol. The molecule has 0 radical (unpaired) electrons. The van der Waals surface area contributed by atoms with Crippen molar-refractivity contribution in [1.82, 2.24) is 14.5 Å². The van der Waals surface area contributed by atoms with Crippen molar-refractivity contribution < 1.29 is 32.6 Å². The van der Waals surface area contributed by atoms with Gasteiger partial charge in [0.2, 0.25) is 15.9 Å². The smallest absolute Gasteiger partial charge is 0.336 e. The Morgan fingerprint density at radius 3 is 2.19 bits per heavy atom. The highest BCUT2D eigenvalue weighted by atomic mass is 32.2. The number of piperazine rings is 1. The van der Waals surface area contributed by atoms with Gasteiger partial charge in [0, 0.05) is 26.2 Å². The standard InChI is InChI=1S/C21H29N3O7S/c1-13(2)12-16(22-19(25)17-18(31-17)21(27)28)20(26)23-8-10-24(11-9-23)32(29,30)15-6-4-14(3)5-7-15/h4-7,13,16-18H,8-12H2,1-3H3,(H,22,25)(H,27,28)/t16?,17-,18-/m0/s1. The zero-order valence-electron chi connectivity index (χ0n) is 18.4. The lowest BCUT2D eigenvalue weighted by molar-refractivity contribution is -0.138. The van der Waals surface area contributed by atoms with Crippen LogP contribution in [0.4, 0.5) is 0 Å². The quantitative estimate of drug-likeness (QED) is 0.522. The Hall–Kier alpha value is -2.50. The molecule has 0 bridgehead atoms. The minimum absolute atomic E-state index is 0.0999. The third kappa shape index (κ3) is 5.45. The summed E-state index contributed by atoms with van der Waals surface area (Å²) in [4.78, 5) is 38.1. The lowest BCUT2D eigenvalue weighted by Crippen LogP contribution is -2.56. The second-order valence-corrected chi connectivity index (χ2v) is 10.5. The number of epoxide rings is 1. The Bertz CT molecular complexity index is 970. The molecule has 0 saturated carbocycles.